The summed E-state index contributed by atoms with van der Waals surface area (Å²) < 4.78 is 1.33. The van der Waals surface area contributed by atoms with Crippen molar-refractivity contribution in [3.63, 3.8) is 0 Å². The highest BCUT2D eigenvalue weighted by atomic mass is 16.6. The first kappa shape index (κ1) is 15.1. The van der Waals surface area contributed by atoms with Gasteiger partial charge in [0.05, 0.1) is 4.92 Å². The SMILES string of the molecule is Cc1c([N+](=O)[O-])cnn1CC(=O)NCCCN(C)C. The van der Waals surface area contributed by atoms with E-state index in [1.54, 1.807) is 6.92 Å². The molecule has 1 amide bonds. The Morgan fingerprint density at radius 1 is 1.58 bits per heavy atom. The molecule has 0 aliphatic rings. The highest BCUT2D eigenvalue weighted by molar-refractivity contribution is 5.75. The average molecular weight is 269 g/mol. The van der Waals surface area contributed by atoms with Crippen LogP contribution in [0.5, 0.6) is 0 Å². The lowest BCUT2D eigenvalue weighted by molar-refractivity contribution is -0.385. The number of hydrogen-bond donors (Lipinski definition) is 1. The summed E-state index contributed by atoms with van der Waals surface area (Å²) in [5.74, 6) is -0.195. The largest absolute Gasteiger partial charge is 0.354 e. The van der Waals surface area contributed by atoms with Gasteiger partial charge in [-0.05, 0) is 34.0 Å². The van der Waals surface area contributed by atoms with Crippen LogP contribution in [-0.2, 0) is 11.3 Å². The molecule has 0 fully saturated rings. The molecular weight excluding hydrogens is 250 g/mol. The Hall–Kier alpha value is -1.96. The lowest BCUT2D eigenvalue weighted by atomic mass is 10.4. The summed E-state index contributed by atoms with van der Waals surface area (Å²) in [6, 6.07) is 0. The summed E-state index contributed by atoms with van der Waals surface area (Å²) in [5, 5.41) is 17.2. The van der Waals surface area contributed by atoms with Gasteiger partial charge in [-0.1, -0.05) is 0 Å². The van der Waals surface area contributed by atoms with Gasteiger partial charge in [0, 0.05) is 6.54 Å². The van der Waals surface area contributed by atoms with Gasteiger partial charge in [0.25, 0.3) is 0 Å². The normalized spacial score (nSPS) is 10.7. The molecule has 0 aromatic carbocycles. The number of amides is 1. The van der Waals surface area contributed by atoms with Crippen molar-refractivity contribution in [3.05, 3.63) is 22.0 Å². The Kier molecular flexibility index (Phi) is 5.43. The Bertz CT molecular complexity index is 455. The van der Waals surface area contributed by atoms with Gasteiger partial charge in [0.1, 0.15) is 18.4 Å². The van der Waals surface area contributed by atoms with Crippen LogP contribution >= 0.6 is 0 Å². The third-order valence-electron chi connectivity index (χ3n) is 2.67. The molecule has 1 rings (SSSR count). The van der Waals surface area contributed by atoms with Crippen LogP contribution in [-0.4, -0.2) is 52.7 Å². The molecule has 0 saturated heterocycles. The molecule has 1 N–H and O–H groups in total. The smallest absolute Gasteiger partial charge is 0.309 e. The lowest BCUT2D eigenvalue weighted by Crippen LogP contribution is -2.30. The molecule has 106 valence electrons. The van der Waals surface area contributed by atoms with Crippen LogP contribution in [0.3, 0.4) is 0 Å². The van der Waals surface area contributed by atoms with E-state index in [2.05, 4.69) is 10.4 Å². The van der Waals surface area contributed by atoms with Crippen molar-refractivity contribution in [3.8, 4) is 0 Å². The predicted molar refractivity (Wildman–Crippen MR) is 69.8 cm³/mol. The fourth-order valence-corrected chi connectivity index (χ4v) is 1.59. The molecule has 0 spiro atoms. The van der Waals surface area contributed by atoms with E-state index >= 15 is 0 Å². The van der Waals surface area contributed by atoms with Crippen LogP contribution in [0.4, 0.5) is 5.69 Å². The molecule has 8 nitrogen and oxygen atoms in total. The monoisotopic (exact) mass is 269 g/mol. The van der Waals surface area contributed by atoms with Crippen molar-refractivity contribution in [2.24, 2.45) is 0 Å². The molecule has 1 aromatic heterocycles. The van der Waals surface area contributed by atoms with E-state index in [-0.39, 0.29) is 18.1 Å². The van der Waals surface area contributed by atoms with Crippen molar-refractivity contribution >= 4 is 11.6 Å². The van der Waals surface area contributed by atoms with E-state index in [1.165, 1.54) is 4.68 Å². The summed E-state index contributed by atoms with van der Waals surface area (Å²) >= 11 is 0. The second-order valence-electron chi connectivity index (χ2n) is 4.54. The Morgan fingerprint density at radius 2 is 2.26 bits per heavy atom. The Balaban J connectivity index is 2.42. The molecule has 0 radical (unpaired) electrons. The summed E-state index contributed by atoms with van der Waals surface area (Å²) in [7, 11) is 3.93. The second-order valence-corrected chi connectivity index (χ2v) is 4.54. The topological polar surface area (TPSA) is 93.3 Å². The molecule has 0 atom stereocenters. The maximum absolute atomic E-state index is 11.6. The molecule has 0 aliphatic carbocycles. The van der Waals surface area contributed by atoms with Gasteiger partial charge < -0.3 is 10.2 Å². The van der Waals surface area contributed by atoms with Crippen LogP contribution in [0.2, 0.25) is 0 Å². The zero-order valence-electron chi connectivity index (χ0n) is 11.4. The Labute approximate surface area is 111 Å². The van der Waals surface area contributed by atoms with Crippen molar-refractivity contribution < 1.29 is 9.72 Å². The summed E-state index contributed by atoms with van der Waals surface area (Å²) in [4.78, 5) is 23.8. The average Bonchev–Trinajstić information content (AvgIpc) is 2.66. The minimum atomic E-state index is -0.506. The second kappa shape index (κ2) is 6.83. The van der Waals surface area contributed by atoms with Gasteiger partial charge in [-0.3, -0.25) is 19.6 Å². The zero-order valence-corrected chi connectivity index (χ0v) is 11.4. The number of carbonyl (C=O) groups is 1. The minimum Gasteiger partial charge on any atom is -0.354 e. The van der Waals surface area contributed by atoms with Gasteiger partial charge in [-0.2, -0.15) is 5.10 Å². The highest BCUT2D eigenvalue weighted by Crippen LogP contribution is 2.15. The number of nitrogens with one attached hydrogen (secondary N) is 1. The van der Waals surface area contributed by atoms with E-state index in [9.17, 15) is 14.9 Å². The summed E-state index contributed by atoms with van der Waals surface area (Å²) in [6.45, 7) is 3.05. The number of nitro groups is 1. The third kappa shape index (κ3) is 4.66. The molecule has 0 unspecified atom stereocenters. The van der Waals surface area contributed by atoms with Gasteiger partial charge in [0.2, 0.25) is 5.91 Å². The molecule has 19 heavy (non-hydrogen) atoms. The van der Waals surface area contributed by atoms with Crippen molar-refractivity contribution in [1.29, 1.82) is 0 Å². The molecule has 0 aliphatic heterocycles. The standard InChI is InChI=1S/C11H19N5O3/c1-9-10(16(18)19)7-13-15(9)8-11(17)12-5-4-6-14(2)3/h7H,4-6,8H2,1-3H3,(H,12,17). The highest BCUT2D eigenvalue weighted by Gasteiger charge is 2.17. The molecule has 1 aromatic rings. The molecule has 0 saturated carbocycles. The van der Waals surface area contributed by atoms with E-state index in [4.69, 9.17) is 0 Å². The van der Waals surface area contributed by atoms with E-state index in [0.717, 1.165) is 19.2 Å². The van der Waals surface area contributed by atoms with Crippen molar-refractivity contribution in [1.82, 2.24) is 20.0 Å². The minimum absolute atomic E-state index is 0.00162. The van der Waals surface area contributed by atoms with Crippen LogP contribution in [0.15, 0.2) is 6.20 Å². The third-order valence-corrected chi connectivity index (χ3v) is 2.67. The van der Waals surface area contributed by atoms with E-state index in [1.807, 2.05) is 19.0 Å². The molecule has 8 heteroatoms. The molecule has 0 bridgehead atoms. The van der Waals surface area contributed by atoms with Crippen molar-refractivity contribution in [2.45, 2.75) is 19.9 Å². The number of carbonyl (C=O) groups excluding carboxylic acids is 1. The number of rotatable bonds is 7. The van der Waals surface area contributed by atoms with E-state index in [0.29, 0.717) is 12.2 Å². The number of hydrogen-bond acceptors (Lipinski definition) is 5. The van der Waals surface area contributed by atoms with Gasteiger partial charge in [-0.15, -0.1) is 0 Å². The fourth-order valence-electron chi connectivity index (χ4n) is 1.59. The first-order valence-corrected chi connectivity index (χ1v) is 6.00. The summed E-state index contributed by atoms with van der Waals surface area (Å²) in [5.41, 5.74) is 0.314. The van der Waals surface area contributed by atoms with Gasteiger partial charge >= 0.3 is 5.69 Å². The molecular formula is C11H19N5O3. The fraction of sp³-hybridized carbons (Fsp3) is 0.636. The van der Waals surface area contributed by atoms with Crippen LogP contribution in [0.25, 0.3) is 0 Å². The number of aromatic nitrogens is 2. The summed E-state index contributed by atoms with van der Waals surface area (Å²) in [6.07, 6.45) is 2.02. The van der Waals surface area contributed by atoms with Crippen LogP contribution in [0, 0.1) is 17.0 Å². The maximum Gasteiger partial charge on any atom is 0.309 e. The van der Waals surface area contributed by atoms with Gasteiger partial charge in [-0.25, -0.2) is 0 Å². The van der Waals surface area contributed by atoms with Crippen molar-refractivity contribution in [2.75, 3.05) is 27.2 Å². The van der Waals surface area contributed by atoms with E-state index < -0.39 is 4.92 Å². The maximum atomic E-state index is 11.6. The molecule has 1 heterocycles. The predicted octanol–water partition coefficient (Wildman–Crippen LogP) is 0.168. The first-order chi connectivity index (χ1) is 8.91. The first-order valence-electron chi connectivity index (χ1n) is 6.00. The van der Waals surface area contributed by atoms with Gasteiger partial charge in [0.15, 0.2) is 0 Å². The van der Waals surface area contributed by atoms with Crippen LogP contribution in [0.1, 0.15) is 12.1 Å². The number of nitrogens with zero attached hydrogens (tertiary/aromatic N) is 4. The van der Waals surface area contributed by atoms with Crippen LogP contribution < -0.4 is 5.32 Å². The quantitative estimate of drug-likeness (QED) is 0.432. The Morgan fingerprint density at radius 3 is 2.79 bits per heavy atom. The zero-order chi connectivity index (χ0) is 14.4. The lowest BCUT2D eigenvalue weighted by Gasteiger charge is -2.10.